The van der Waals surface area contributed by atoms with Gasteiger partial charge in [-0.25, -0.2) is 9.59 Å². The zero-order chi connectivity index (χ0) is 36.5. The van der Waals surface area contributed by atoms with Crippen molar-refractivity contribution in [1.82, 2.24) is 20.0 Å². The maximum Gasteiger partial charge on any atom is 0.373 e. The van der Waals surface area contributed by atoms with Crippen LogP contribution >= 0.6 is 18.8 Å². The zero-order valence-corrected chi connectivity index (χ0v) is 31.2. The van der Waals surface area contributed by atoms with Gasteiger partial charge < -0.3 is 20.1 Å². The largest absolute Gasteiger partial charge is 0.458 e. The molecule has 0 aliphatic carbocycles. The average molecular weight is 707 g/mol. The number of ether oxygens (including phenoxy) is 2. The van der Waals surface area contributed by atoms with Crippen molar-refractivity contribution in [2.45, 2.75) is 52.6 Å². The molecule has 2 aromatic rings. The molecule has 2 aliphatic heterocycles. The molecule has 2 saturated heterocycles. The molecule has 48 heavy (non-hydrogen) atoms. The Morgan fingerprint density at radius 1 is 0.688 bits per heavy atom. The van der Waals surface area contributed by atoms with Crippen molar-refractivity contribution in [1.29, 1.82) is 0 Å². The van der Waals surface area contributed by atoms with Gasteiger partial charge in [-0.1, -0.05) is 68.0 Å². The van der Waals surface area contributed by atoms with Crippen LogP contribution in [0.2, 0.25) is 0 Å². The fourth-order valence-electron chi connectivity index (χ4n) is 4.76. The highest BCUT2D eigenvalue weighted by molar-refractivity contribution is 7.13. The Bertz CT molecular complexity index is 1160. The normalized spacial score (nSPS) is 20.1. The summed E-state index contributed by atoms with van der Waals surface area (Å²) in [5.41, 5.74) is 3.11. The van der Waals surface area contributed by atoms with Crippen molar-refractivity contribution in [3.05, 3.63) is 70.8 Å². The number of benzene rings is 2. The molecule has 266 valence electrons. The van der Waals surface area contributed by atoms with Crippen LogP contribution in [0.15, 0.2) is 48.5 Å². The van der Waals surface area contributed by atoms with Gasteiger partial charge in [-0.05, 0) is 76.9 Å². The molecule has 0 amide bonds. The molecule has 14 heteroatoms. The third-order valence-corrected chi connectivity index (χ3v) is 8.78. The first-order chi connectivity index (χ1) is 22.9. The summed E-state index contributed by atoms with van der Waals surface area (Å²) in [6.07, 6.45) is 3.13. The molecule has 2 unspecified atom stereocenters. The van der Waals surface area contributed by atoms with Gasteiger partial charge in [0.15, 0.2) is 0 Å². The Morgan fingerprint density at radius 3 is 1.23 bits per heavy atom. The number of hydrogen-bond acceptors (Lipinski definition) is 12. The van der Waals surface area contributed by atoms with E-state index < -0.39 is 11.9 Å². The number of aryl methyl sites for hydroxylation is 2. The quantitative estimate of drug-likeness (QED) is 0.246. The molecular weight excluding hydrogens is 654 g/mol. The zero-order valence-electron chi connectivity index (χ0n) is 28.9. The first-order valence-electron chi connectivity index (χ1n) is 15.7. The maximum absolute atomic E-state index is 11.7. The summed E-state index contributed by atoms with van der Waals surface area (Å²) in [5.74, 6) is 0.821. The fourth-order valence-corrected chi connectivity index (χ4v) is 5.51. The van der Waals surface area contributed by atoms with E-state index in [4.69, 9.17) is 28.7 Å². The van der Waals surface area contributed by atoms with Crippen LogP contribution in [0.1, 0.15) is 58.5 Å². The molecule has 2 fully saturated rings. The lowest BCUT2D eigenvalue weighted by Gasteiger charge is -2.34. The van der Waals surface area contributed by atoms with E-state index in [0.29, 0.717) is 23.2 Å². The van der Waals surface area contributed by atoms with Crippen molar-refractivity contribution >= 4 is 43.0 Å². The van der Waals surface area contributed by atoms with Crippen molar-refractivity contribution in [3.63, 3.8) is 0 Å². The second-order valence-corrected chi connectivity index (χ2v) is 12.9. The summed E-state index contributed by atoms with van der Waals surface area (Å²) in [5, 5.41) is 6.66. The highest BCUT2D eigenvalue weighted by Gasteiger charge is 2.23. The van der Waals surface area contributed by atoms with Crippen molar-refractivity contribution in [2.75, 3.05) is 53.5 Å². The van der Waals surface area contributed by atoms with Gasteiger partial charge in [-0.15, -0.1) is 0 Å². The SMILES string of the molecule is CN[C@H]1CN(P)CC[C@H]1C.CN[C@H]1CN(P)CC[C@H]1C.Cc1ccc(C(=O)OCCOC(=O)c2ccc(C)cc2)cc1.O=C=O.O=C=O. The summed E-state index contributed by atoms with van der Waals surface area (Å²) < 4.78 is 14.7. The standard InChI is InChI=1S/C18H18O4.2C7H17N2P.2CO2/c1-13-3-7-15(8-4-13)17(19)21-11-12-22-18(20)16-9-5-14(2)6-10-16;2*1-6-3-4-9(10)5-7(6)8-2;2*2-1-3/h3-10H,11-12H2,1-2H3;2*6-8H,3-5,10H2,1-2H3;;/t;2*6-,7+;;/m.11../s1. The van der Waals surface area contributed by atoms with E-state index in [2.05, 4.69) is 52.6 Å². The van der Waals surface area contributed by atoms with Crippen LogP contribution in [0.4, 0.5) is 0 Å². The van der Waals surface area contributed by atoms with Crippen LogP contribution in [0.25, 0.3) is 0 Å². The number of nitrogens with one attached hydrogen (secondary N) is 2. The van der Waals surface area contributed by atoms with Crippen molar-refractivity contribution in [3.8, 4) is 0 Å². The van der Waals surface area contributed by atoms with Crippen LogP contribution in [0.3, 0.4) is 0 Å². The minimum absolute atomic E-state index is 0.0321. The molecule has 2 N–H and O–H groups in total. The Balaban J connectivity index is 0.000000705. The Kier molecular flexibility index (Phi) is 25.0. The minimum Gasteiger partial charge on any atom is -0.458 e. The average Bonchev–Trinajstić information content (AvgIpc) is 3.07. The Morgan fingerprint density at radius 2 is 0.979 bits per heavy atom. The van der Waals surface area contributed by atoms with E-state index in [1.165, 1.54) is 39.0 Å². The number of esters is 2. The summed E-state index contributed by atoms with van der Waals surface area (Å²) >= 11 is 0. The van der Waals surface area contributed by atoms with Gasteiger partial charge in [-0.3, -0.25) is 9.34 Å². The topological polar surface area (TPSA) is 151 Å². The van der Waals surface area contributed by atoms with E-state index in [9.17, 15) is 9.59 Å². The molecule has 2 aliphatic rings. The first kappa shape index (κ1) is 44.8. The van der Waals surface area contributed by atoms with Crippen LogP contribution in [0, 0.1) is 25.7 Å². The second kappa shape index (κ2) is 26.8. The number of carbonyl (C=O) groups is 2. The van der Waals surface area contributed by atoms with E-state index in [0.717, 1.165) is 23.0 Å². The predicted octanol–water partition coefficient (Wildman–Crippen LogP) is 3.56. The molecule has 6 atom stereocenters. The van der Waals surface area contributed by atoms with E-state index >= 15 is 0 Å². The molecule has 4 rings (SSSR count). The number of rotatable bonds is 7. The maximum atomic E-state index is 11.7. The van der Waals surface area contributed by atoms with Crippen LogP contribution in [-0.2, 0) is 28.7 Å². The third kappa shape index (κ3) is 19.6. The lowest BCUT2D eigenvalue weighted by atomic mass is 9.95. The van der Waals surface area contributed by atoms with Crippen LogP contribution in [-0.4, -0.2) is 99.2 Å². The molecular formula is C34H52N4O8P2. The van der Waals surface area contributed by atoms with E-state index in [1.54, 1.807) is 24.3 Å². The summed E-state index contributed by atoms with van der Waals surface area (Å²) in [6.45, 7) is 13.4. The monoisotopic (exact) mass is 706 g/mol. The Hall–Kier alpha value is -3.16. The lowest BCUT2D eigenvalue weighted by Crippen LogP contribution is -2.45. The summed E-state index contributed by atoms with van der Waals surface area (Å²) in [4.78, 5) is 56.0. The molecule has 0 radical (unpaired) electrons. The number of piperidine rings is 2. The van der Waals surface area contributed by atoms with Gasteiger partial charge in [0.05, 0.1) is 11.1 Å². The molecule has 2 heterocycles. The highest BCUT2D eigenvalue weighted by Crippen LogP contribution is 2.19. The van der Waals surface area contributed by atoms with E-state index in [-0.39, 0.29) is 25.5 Å². The third-order valence-electron chi connectivity index (χ3n) is 7.85. The number of nitrogens with zero attached hydrogens (tertiary/aromatic N) is 2. The number of hydrogen-bond donors (Lipinski definition) is 2. The molecule has 12 nitrogen and oxygen atoms in total. The number of carbonyl (C=O) groups excluding carboxylic acids is 6. The first-order valence-corrected chi connectivity index (χ1v) is 16.7. The number of likely N-dealkylation sites (N-methyl/N-ethyl adjacent to an activating group) is 2. The molecule has 0 aromatic heterocycles. The minimum atomic E-state index is -0.425. The molecule has 0 bridgehead atoms. The molecule has 0 saturated carbocycles. The lowest BCUT2D eigenvalue weighted by molar-refractivity contribution is -0.193. The van der Waals surface area contributed by atoms with Gasteiger partial charge in [0.1, 0.15) is 13.2 Å². The van der Waals surface area contributed by atoms with Gasteiger partial charge in [0.2, 0.25) is 0 Å². The molecule has 0 spiro atoms. The van der Waals surface area contributed by atoms with Gasteiger partial charge in [0, 0.05) is 38.3 Å². The van der Waals surface area contributed by atoms with Crippen molar-refractivity contribution < 1.29 is 38.2 Å². The predicted molar refractivity (Wildman–Crippen MR) is 189 cm³/mol. The summed E-state index contributed by atoms with van der Waals surface area (Å²) in [6, 6.07) is 15.6. The van der Waals surface area contributed by atoms with Gasteiger partial charge in [0.25, 0.3) is 0 Å². The van der Waals surface area contributed by atoms with Crippen LogP contribution < -0.4 is 10.6 Å². The van der Waals surface area contributed by atoms with Crippen LogP contribution in [0.5, 0.6) is 0 Å². The highest BCUT2D eigenvalue weighted by atomic mass is 31.0. The van der Waals surface area contributed by atoms with Crippen molar-refractivity contribution in [2.24, 2.45) is 11.8 Å². The smallest absolute Gasteiger partial charge is 0.373 e. The fraction of sp³-hybridized carbons (Fsp3) is 0.529. The van der Waals surface area contributed by atoms with Gasteiger partial charge >= 0.3 is 24.2 Å². The second-order valence-electron chi connectivity index (χ2n) is 11.5. The summed E-state index contributed by atoms with van der Waals surface area (Å²) in [7, 11) is 9.63. The molecule has 2 aromatic carbocycles. The van der Waals surface area contributed by atoms with Gasteiger partial charge in [-0.2, -0.15) is 19.2 Å². The van der Waals surface area contributed by atoms with E-state index in [1.807, 2.05) is 52.2 Å². The Labute approximate surface area is 289 Å².